The molecule has 0 aliphatic carbocycles. The van der Waals surface area contributed by atoms with Crippen LogP contribution in [0, 0.1) is 5.82 Å². The molecule has 21 heavy (non-hydrogen) atoms. The fraction of sp³-hybridized carbons (Fsp3) is 0.154. The number of rotatable bonds is 3. The van der Waals surface area contributed by atoms with Crippen LogP contribution < -0.4 is 5.32 Å². The number of halogens is 5. The maximum Gasteiger partial charge on any atom is 0.406 e. The second-order valence-electron chi connectivity index (χ2n) is 4.21. The van der Waals surface area contributed by atoms with Crippen molar-refractivity contribution in [3.8, 4) is 0 Å². The zero-order valence-electron chi connectivity index (χ0n) is 10.4. The molecule has 1 N–H and O–H groups in total. The summed E-state index contributed by atoms with van der Waals surface area (Å²) in [7, 11) is 0. The van der Waals surface area contributed by atoms with E-state index in [-0.39, 0.29) is 11.4 Å². The lowest BCUT2D eigenvalue weighted by atomic mass is 10.3. The first-order valence-corrected chi connectivity index (χ1v) is 6.54. The van der Waals surface area contributed by atoms with Crippen molar-refractivity contribution < 1.29 is 22.4 Å². The normalized spacial score (nSPS) is 11.5. The number of aromatic nitrogens is 1. The summed E-state index contributed by atoms with van der Waals surface area (Å²) in [5, 5.41) is 2.43. The van der Waals surface area contributed by atoms with Gasteiger partial charge in [0.25, 0.3) is 5.91 Å². The Morgan fingerprint density at radius 2 is 2.00 bits per heavy atom. The fourth-order valence-corrected chi connectivity index (χ4v) is 2.18. The number of hydrogen-bond acceptors (Lipinski definition) is 1. The van der Waals surface area contributed by atoms with Crippen molar-refractivity contribution in [2.24, 2.45) is 0 Å². The van der Waals surface area contributed by atoms with Gasteiger partial charge >= 0.3 is 6.18 Å². The minimum atomic E-state index is -4.43. The van der Waals surface area contributed by atoms with Gasteiger partial charge in [-0.05, 0) is 46.3 Å². The Balaban J connectivity index is 2.19. The molecule has 0 aliphatic rings. The van der Waals surface area contributed by atoms with E-state index < -0.39 is 24.4 Å². The van der Waals surface area contributed by atoms with Crippen LogP contribution in [0.3, 0.4) is 0 Å². The monoisotopic (exact) mass is 364 g/mol. The van der Waals surface area contributed by atoms with Crippen LogP contribution in [0.1, 0.15) is 10.5 Å². The van der Waals surface area contributed by atoms with Gasteiger partial charge in [0.15, 0.2) is 0 Å². The molecular formula is C13H9BrF4N2O. The minimum absolute atomic E-state index is 0.136. The standard InChI is InChI=1S/C13H9BrF4N2O/c14-9-6-8(15)3-4-10(9)19-12(21)11-2-1-5-20(11)7-13(16,17)18/h1-6H,7H2,(H,19,21). The number of anilines is 1. The summed E-state index contributed by atoms with van der Waals surface area (Å²) >= 11 is 3.06. The van der Waals surface area contributed by atoms with Gasteiger partial charge in [-0.3, -0.25) is 4.79 Å². The molecular weight excluding hydrogens is 356 g/mol. The highest BCUT2D eigenvalue weighted by Crippen LogP contribution is 2.24. The van der Waals surface area contributed by atoms with Gasteiger partial charge in [-0.1, -0.05) is 0 Å². The molecule has 0 bridgehead atoms. The molecule has 3 nitrogen and oxygen atoms in total. The molecule has 0 fully saturated rings. The highest BCUT2D eigenvalue weighted by molar-refractivity contribution is 9.10. The molecule has 0 radical (unpaired) electrons. The van der Waals surface area contributed by atoms with E-state index in [1.54, 1.807) is 0 Å². The van der Waals surface area contributed by atoms with E-state index in [4.69, 9.17) is 0 Å². The van der Waals surface area contributed by atoms with Crippen molar-refractivity contribution in [1.82, 2.24) is 4.57 Å². The van der Waals surface area contributed by atoms with Gasteiger partial charge in [-0.15, -0.1) is 0 Å². The summed E-state index contributed by atoms with van der Waals surface area (Å²) in [4.78, 5) is 12.0. The number of nitrogens with zero attached hydrogens (tertiary/aromatic N) is 1. The van der Waals surface area contributed by atoms with Crippen LogP contribution >= 0.6 is 15.9 Å². The van der Waals surface area contributed by atoms with E-state index in [0.29, 0.717) is 4.47 Å². The van der Waals surface area contributed by atoms with Crippen molar-refractivity contribution in [2.75, 3.05) is 5.32 Å². The van der Waals surface area contributed by atoms with Gasteiger partial charge in [-0.25, -0.2) is 4.39 Å². The molecule has 1 amide bonds. The molecule has 2 aromatic rings. The highest BCUT2D eigenvalue weighted by atomic mass is 79.9. The number of benzene rings is 1. The van der Waals surface area contributed by atoms with E-state index in [0.717, 1.165) is 16.7 Å². The molecule has 0 atom stereocenters. The van der Waals surface area contributed by atoms with Crippen LogP contribution in [0.5, 0.6) is 0 Å². The lowest BCUT2D eigenvalue weighted by Crippen LogP contribution is -2.23. The molecule has 0 aliphatic heterocycles. The van der Waals surface area contributed by atoms with Gasteiger partial charge in [0.2, 0.25) is 0 Å². The molecule has 0 spiro atoms. The quantitative estimate of drug-likeness (QED) is 0.813. The number of amides is 1. The second-order valence-corrected chi connectivity index (χ2v) is 5.07. The van der Waals surface area contributed by atoms with Crippen molar-refractivity contribution in [1.29, 1.82) is 0 Å². The van der Waals surface area contributed by atoms with Crippen molar-refractivity contribution in [3.63, 3.8) is 0 Å². The van der Waals surface area contributed by atoms with E-state index in [2.05, 4.69) is 21.2 Å². The number of carbonyl (C=O) groups is 1. The fourth-order valence-electron chi connectivity index (χ4n) is 1.73. The minimum Gasteiger partial charge on any atom is -0.334 e. The Kier molecular flexibility index (Phi) is 4.36. The molecule has 1 aromatic carbocycles. The Labute approximate surface area is 125 Å². The smallest absolute Gasteiger partial charge is 0.334 e. The van der Waals surface area contributed by atoms with Crippen molar-refractivity contribution in [3.05, 3.63) is 52.5 Å². The molecule has 1 heterocycles. The van der Waals surface area contributed by atoms with Gasteiger partial charge in [0.05, 0.1) is 5.69 Å². The molecule has 0 unspecified atom stereocenters. The Morgan fingerprint density at radius 3 is 2.62 bits per heavy atom. The number of alkyl halides is 3. The van der Waals surface area contributed by atoms with Gasteiger partial charge in [0.1, 0.15) is 18.1 Å². The number of hydrogen-bond donors (Lipinski definition) is 1. The van der Waals surface area contributed by atoms with Crippen molar-refractivity contribution >= 4 is 27.5 Å². The van der Waals surface area contributed by atoms with Crippen LogP contribution in [-0.4, -0.2) is 16.7 Å². The summed E-state index contributed by atoms with van der Waals surface area (Å²) < 4.78 is 51.2. The number of nitrogens with one attached hydrogen (secondary N) is 1. The molecule has 8 heteroatoms. The summed E-state index contributed by atoms with van der Waals surface area (Å²) in [5.74, 6) is -1.21. The third kappa shape index (κ3) is 4.07. The lowest BCUT2D eigenvalue weighted by Gasteiger charge is -2.12. The first-order valence-electron chi connectivity index (χ1n) is 5.74. The van der Waals surface area contributed by atoms with Crippen LogP contribution in [0.2, 0.25) is 0 Å². The van der Waals surface area contributed by atoms with E-state index in [1.165, 1.54) is 24.4 Å². The maximum absolute atomic E-state index is 12.9. The summed E-state index contributed by atoms with van der Waals surface area (Å²) in [6.45, 7) is -1.26. The first-order chi connectivity index (χ1) is 9.76. The topological polar surface area (TPSA) is 34.0 Å². The Hall–Kier alpha value is -1.83. The van der Waals surface area contributed by atoms with Crippen LogP contribution in [-0.2, 0) is 6.54 Å². The first kappa shape index (κ1) is 15.6. The predicted molar refractivity (Wildman–Crippen MR) is 72.5 cm³/mol. The van der Waals surface area contributed by atoms with E-state index >= 15 is 0 Å². The van der Waals surface area contributed by atoms with Gasteiger partial charge in [-0.2, -0.15) is 13.2 Å². The zero-order valence-corrected chi connectivity index (χ0v) is 12.0. The third-order valence-corrected chi connectivity index (χ3v) is 3.25. The lowest BCUT2D eigenvalue weighted by molar-refractivity contribution is -0.140. The zero-order chi connectivity index (χ0) is 15.6. The maximum atomic E-state index is 12.9. The van der Waals surface area contributed by atoms with Crippen LogP contribution in [0.25, 0.3) is 0 Å². The third-order valence-electron chi connectivity index (χ3n) is 2.59. The summed E-state index contributed by atoms with van der Waals surface area (Å²) in [5.41, 5.74) is 0.129. The number of carbonyl (C=O) groups excluding carboxylic acids is 1. The highest BCUT2D eigenvalue weighted by Gasteiger charge is 2.29. The largest absolute Gasteiger partial charge is 0.406 e. The summed E-state index contributed by atoms with van der Waals surface area (Å²) in [6.07, 6.45) is -3.26. The molecule has 112 valence electrons. The predicted octanol–water partition coefficient (Wildman–Crippen LogP) is 4.20. The Bertz CT molecular complexity index is 666. The second kappa shape index (κ2) is 5.88. The van der Waals surface area contributed by atoms with Crippen molar-refractivity contribution in [2.45, 2.75) is 12.7 Å². The van der Waals surface area contributed by atoms with E-state index in [1.807, 2.05) is 0 Å². The molecule has 0 saturated heterocycles. The average Bonchev–Trinajstić information content (AvgIpc) is 2.78. The molecule has 2 rings (SSSR count). The van der Waals surface area contributed by atoms with E-state index in [9.17, 15) is 22.4 Å². The molecule has 1 aromatic heterocycles. The van der Waals surface area contributed by atoms with Gasteiger partial charge < -0.3 is 9.88 Å². The SMILES string of the molecule is O=C(Nc1ccc(F)cc1Br)c1cccn1CC(F)(F)F. The van der Waals surface area contributed by atoms with Gasteiger partial charge in [0, 0.05) is 10.7 Å². The van der Waals surface area contributed by atoms with Crippen LogP contribution in [0.15, 0.2) is 41.0 Å². The summed E-state index contributed by atoms with van der Waals surface area (Å²) in [6, 6.07) is 6.22. The molecule has 0 saturated carbocycles. The van der Waals surface area contributed by atoms with Crippen LogP contribution in [0.4, 0.5) is 23.2 Å². The average molecular weight is 365 g/mol. The Morgan fingerprint density at radius 1 is 1.29 bits per heavy atom.